The molecule has 4 atom stereocenters. The first-order valence-electron chi connectivity index (χ1n) is 8.64. The van der Waals surface area contributed by atoms with Crippen LogP contribution in [0.4, 0.5) is 0 Å². The van der Waals surface area contributed by atoms with Crippen molar-refractivity contribution in [1.29, 1.82) is 5.26 Å². The molecule has 1 nitrogen and oxygen atoms in total. The van der Waals surface area contributed by atoms with Crippen LogP contribution in [0.3, 0.4) is 0 Å². The second-order valence-corrected chi connectivity index (χ2v) is 7.18. The van der Waals surface area contributed by atoms with Gasteiger partial charge in [-0.1, -0.05) is 46.0 Å². The highest BCUT2D eigenvalue weighted by Crippen LogP contribution is 2.51. The van der Waals surface area contributed by atoms with E-state index in [9.17, 15) is 5.26 Å². The van der Waals surface area contributed by atoms with E-state index in [1.807, 2.05) is 0 Å². The standard InChI is InChI=1S/C18H31N/c1-3-5-6-7-15-8-9-17-13-18(4-2,14-19)11-10-16(17)12-15/h15-17H,3-13H2,1-2H3/t15-,16+,17?,18-/m0/s1. The van der Waals surface area contributed by atoms with Crippen LogP contribution in [0.1, 0.15) is 84.5 Å². The van der Waals surface area contributed by atoms with Gasteiger partial charge in [0.05, 0.1) is 11.5 Å². The van der Waals surface area contributed by atoms with Gasteiger partial charge >= 0.3 is 0 Å². The number of unbranched alkanes of at least 4 members (excludes halogenated alkanes) is 2. The van der Waals surface area contributed by atoms with Crippen LogP contribution >= 0.6 is 0 Å². The molecule has 19 heavy (non-hydrogen) atoms. The Hall–Kier alpha value is -0.510. The molecule has 2 fully saturated rings. The van der Waals surface area contributed by atoms with Crippen LogP contribution in [-0.4, -0.2) is 0 Å². The molecule has 0 amide bonds. The average Bonchev–Trinajstić information content (AvgIpc) is 2.47. The summed E-state index contributed by atoms with van der Waals surface area (Å²) in [5.41, 5.74) is 0.0379. The third kappa shape index (κ3) is 3.53. The van der Waals surface area contributed by atoms with E-state index in [1.54, 1.807) is 0 Å². The Morgan fingerprint density at radius 1 is 1.11 bits per heavy atom. The molecule has 2 aliphatic carbocycles. The molecule has 2 aliphatic rings. The van der Waals surface area contributed by atoms with Gasteiger partial charge in [-0.05, 0) is 56.3 Å². The van der Waals surface area contributed by atoms with Gasteiger partial charge < -0.3 is 0 Å². The van der Waals surface area contributed by atoms with E-state index >= 15 is 0 Å². The van der Waals surface area contributed by atoms with Crippen molar-refractivity contribution in [2.24, 2.45) is 23.2 Å². The summed E-state index contributed by atoms with van der Waals surface area (Å²) in [5.74, 6) is 2.83. The minimum Gasteiger partial charge on any atom is -0.198 e. The van der Waals surface area contributed by atoms with Crippen molar-refractivity contribution in [1.82, 2.24) is 0 Å². The third-order valence-electron chi connectivity index (χ3n) is 6.02. The van der Waals surface area contributed by atoms with Gasteiger partial charge in [-0.15, -0.1) is 0 Å². The lowest BCUT2D eigenvalue weighted by Gasteiger charge is -2.45. The largest absolute Gasteiger partial charge is 0.198 e. The molecule has 0 aromatic heterocycles. The van der Waals surface area contributed by atoms with Gasteiger partial charge in [-0.25, -0.2) is 0 Å². The summed E-state index contributed by atoms with van der Waals surface area (Å²) in [7, 11) is 0. The van der Waals surface area contributed by atoms with Crippen LogP contribution in [0.2, 0.25) is 0 Å². The van der Waals surface area contributed by atoms with Gasteiger partial charge in [-0.3, -0.25) is 0 Å². The lowest BCUT2D eigenvalue weighted by molar-refractivity contribution is 0.0651. The molecule has 0 bridgehead atoms. The van der Waals surface area contributed by atoms with Crippen molar-refractivity contribution < 1.29 is 0 Å². The molecule has 0 aromatic carbocycles. The smallest absolute Gasteiger partial charge is 0.0689 e. The molecule has 0 spiro atoms. The van der Waals surface area contributed by atoms with Crippen molar-refractivity contribution in [3.05, 3.63) is 0 Å². The maximum atomic E-state index is 9.48. The van der Waals surface area contributed by atoms with Crippen molar-refractivity contribution >= 4 is 0 Å². The SMILES string of the molecule is CCCCC[C@H]1CCC2C[C@](C#N)(CC)CC[C@@H]2C1. The van der Waals surface area contributed by atoms with Gasteiger partial charge in [0.1, 0.15) is 0 Å². The van der Waals surface area contributed by atoms with E-state index in [2.05, 4.69) is 19.9 Å². The molecule has 2 rings (SSSR count). The zero-order valence-corrected chi connectivity index (χ0v) is 13.0. The highest BCUT2D eigenvalue weighted by Gasteiger charge is 2.42. The fourth-order valence-electron chi connectivity index (χ4n) is 4.56. The number of hydrogen-bond donors (Lipinski definition) is 0. The normalized spacial score (nSPS) is 38.5. The van der Waals surface area contributed by atoms with Crippen LogP contribution < -0.4 is 0 Å². The first-order chi connectivity index (χ1) is 9.23. The quantitative estimate of drug-likeness (QED) is 0.582. The molecular formula is C18H31N. The summed E-state index contributed by atoms with van der Waals surface area (Å²) in [6.07, 6.45) is 14.8. The molecule has 0 aliphatic heterocycles. The third-order valence-corrected chi connectivity index (χ3v) is 6.02. The second-order valence-electron chi connectivity index (χ2n) is 7.18. The zero-order valence-electron chi connectivity index (χ0n) is 13.0. The monoisotopic (exact) mass is 261 g/mol. The molecule has 2 saturated carbocycles. The van der Waals surface area contributed by atoms with E-state index in [0.717, 1.165) is 24.2 Å². The summed E-state index contributed by atoms with van der Waals surface area (Å²) in [4.78, 5) is 0. The summed E-state index contributed by atoms with van der Waals surface area (Å²) < 4.78 is 0. The van der Waals surface area contributed by atoms with E-state index in [4.69, 9.17) is 0 Å². The summed E-state index contributed by atoms with van der Waals surface area (Å²) in [6, 6.07) is 2.65. The number of hydrogen-bond acceptors (Lipinski definition) is 1. The fourth-order valence-corrected chi connectivity index (χ4v) is 4.56. The molecular weight excluding hydrogens is 230 g/mol. The van der Waals surface area contributed by atoms with Crippen LogP contribution in [0.25, 0.3) is 0 Å². The lowest BCUT2D eigenvalue weighted by Crippen LogP contribution is -2.36. The van der Waals surface area contributed by atoms with Gasteiger partial charge in [0.15, 0.2) is 0 Å². The molecule has 1 unspecified atom stereocenters. The summed E-state index contributed by atoms with van der Waals surface area (Å²) in [6.45, 7) is 4.50. The Balaban J connectivity index is 1.83. The van der Waals surface area contributed by atoms with Gasteiger partial charge in [0.2, 0.25) is 0 Å². The molecule has 0 saturated heterocycles. The minimum atomic E-state index is 0.0379. The average molecular weight is 261 g/mol. The first-order valence-corrected chi connectivity index (χ1v) is 8.64. The van der Waals surface area contributed by atoms with Crippen molar-refractivity contribution in [2.75, 3.05) is 0 Å². The van der Waals surface area contributed by atoms with E-state index in [1.165, 1.54) is 64.2 Å². The minimum absolute atomic E-state index is 0.0379. The molecule has 0 heterocycles. The van der Waals surface area contributed by atoms with Crippen LogP contribution in [0.15, 0.2) is 0 Å². The van der Waals surface area contributed by atoms with Crippen molar-refractivity contribution in [3.63, 3.8) is 0 Å². The Bertz CT molecular complexity index is 316. The number of nitrogens with zero attached hydrogens (tertiary/aromatic N) is 1. The fraction of sp³-hybridized carbons (Fsp3) is 0.944. The number of rotatable bonds is 5. The van der Waals surface area contributed by atoms with Crippen molar-refractivity contribution in [3.8, 4) is 6.07 Å². The maximum absolute atomic E-state index is 9.48. The predicted octanol–water partition coefficient (Wildman–Crippen LogP) is 5.70. The summed E-state index contributed by atoms with van der Waals surface area (Å²) >= 11 is 0. The Morgan fingerprint density at radius 2 is 1.95 bits per heavy atom. The second kappa shape index (κ2) is 6.78. The van der Waals surface area contributed by atoms with E-state index in [0.29, 0.717) is 0 Å². The molecule has 1 heteroatoms. The Morgan fingerprint density at radius 3 is 2.63 bits per heavy atom. The Labute approximate surface area is 119 Å². The number of fused-ring (bicyclic) bond motifs is 1. The van der Waals surface area contributed by atoms with Gasteiger partial charge in [0, 0.05) is 0 Å². The molecule has 0 aromatic rings. The molecule has 108 valence electrons. The lowest BCUT2D eigenvalue weighted by atomic mass is 9.59. The highest BCUT2D eigenvalue weighted by molar-refractivity contribution is 5.03. The topological polar surface area (TPSA) is 23.8 Å². The first kappa shape index (κ1) is 14.9. The maximum Gasteiger partial charge on any atom is 0.0689 e. The van der Waals surface area contributed by atoms with E-state index < -0.39 is 0 Å². The van der Waals surface area contributed by atoms with Crippen LogP contribution in [-0.2, 0) is 0 Å². The predicted molar refractivity (Wildman–Crippen MR) is 80.7 cm³/mol. The zero-order chi connectivity index (χ0) is 13.7. The Kier molecular flexibility index (Phi) is 5.31. The van der Waals surface area contributed by atoms with E-state index in [-0.39, 0.29) is 5.41 Å². The summed E-state index contributed by atoms with van der Waals surface area (Å²) in [5, 5.41) is 9.48. The number of nitriles is 1. The van der Waals surface area contributed by atoms with Crippen LogP contribution in [0.5, 0.6) is 0 Å². The van der Waals surface area contributed by atoms with Crippen LogP contribution in [0, 0.1) is 34.5 Å². The van der Waals surface area contributed by atoms with Gasteiger partial charge in [-0.2, -0.15) is 5.26 Å². The molecule has 0 radical (unpaired) electrons. The van der Waals surface area contributed by atoms with Crippen molar-refractivity contribution in [2.45, 2.75) is 84.5 Å². The highest BCUT2D eigenvalue weighted by atomic mass is 14.5. The van der Waals surface area contributed by atoms with Gasteiger partial charge in [0.25, 0.3) is 0 Å². The molecule has 0 N–H and O–H groups in total.